The third-order valence-corrected chi connectivity index (χ3v) is 3.32. The van der Waals surface area contributed by atoms with E-state index >= 15 is 0 Å². The zero-order valence-corrected chi connectivity index (χ0v) is 11.4. The summed E-state index contributed by atoms with van der Waals surface area (Å²) in [4.78, 5) is 12.0. The second-order valence-corrected chi connectivity index (χ2v) is 6.02. The first-order valence-corrected chi connectivity index (χ1v) is 6.46. The quantitative estimate of drug-likeness (QED) is 0.907. The molecular formula is C12H15FN4S. The molecule has 18 heavy (non-hydrogen) atoms. The molecule has 2 aromatic heterocycles. The summed E-state index contributed by atoms with van der Waals surface area (Å²) in [6.07, 6.45) is 1.44. The van der Waals surface area contributed by atoms with E-state index in [1.807, 2.05) is 5.38 Å². The lowest BCUT2D eigenvalue weighted by molar-refractivity contribution is 0.570. The van der Waals surface area contributed by atoms with Gasteiger partial charge in [-0.05, 0) is 0 Å². The number of aromatic nitrogens is 3. The van der Waals surface area contributed by atoms with Crippen molar-refractivity contribution in [1.29, 1.82) is 0 Å². The summed E-state index contributed by atoms with van der Waals surface area (Å²) in [5, 5.41) is 2.83. The topological polar surface area (TPSA) is 64.7 Å². The molecule has 2 N–H and O–H groups in total. The summed E-state index contributed by atoms with van der Waals surface area (Å²) in [6.45, 7) is 6.28. The first kappa shape index (κ1) is 12.9. The molecule has 0 fully saturated rings. The molecule has 0 atom stereocenters. The molecule has 0 aliphatic carbocycles. The molecule has 0 saturated heterocycles. The molecule has 96 valence electrons. The van der Waals surface area contributed by atoms with Crippen molar-refractivity contribution >= 4 is 17.3 Å². The zero-order chi connectivity index (χ0) is 13.3. The van der Waals surface area contributed by atoms with Crippen LogP contribution in [-0.2, 0) is 11.8 Å². The maximum Gasteiger partial charge on any atom is 0.220 e. The minimum absolute atomic E-state index is 0.00199. The molecule has 0 amide bonds. The average molecular weight is 266 g/mol. The summed E-state index contributed by atoms with van der Waals surface area (Å²) in [7, 11) is 0. The third kappa shape index (κ3) is 2.81. The Morgan fingerprint density at radius 1 is 1.33 bits per heavy atom. The van der Waals surface area contributed by atoms with Crippen molar-refractivity contribution in [3.63, 3.8) is 0 Å². The van der Waals surface area contributed by atoms with Crippen LogP contribution in [0.25, 0.3) is 0 Å². The van der Waals surface area contributed by atoms with Crippen LogP contribution in [0.1, 0.15) is 37.2 Å². The van der Waals surface area contributed by atoms with Gasteiger partial charge in [0.15, 0.2) is 5.82 Å². The van der Waals surface area contributed by atoms with Gasteiger partial charge in [-0.25, -0.2) is 19.3 Å². The van der Waals surface area contributed by atoms with Gasteiger partial charge < -0.3 is 5.73 Å². The van der Waals surface area contributed by atoms with E-state index in [1.165, 1.54) is 11.3 Å². The number of halogens is 1. The van der Waals surface area contributed by atoms with Crippen LogP contribution >= 0.6 is 11.3 Å². The van der Waals surface area contributed by atoms with Crippen LogP contribution in [0, 0.1) is 5.82 Å². The fourth-order valence-electron chi connectivity index (χ4n) is 1.42. The minimum Gasteiger partial charge on any atom is -0.368 e. The SMILES string of the molecule is CC(C)(C)c1csc(Cc2nc(N)ncc2F)n1. The molecule has 0 radical (unpaired) electrons. The van der Waals surface area contributed by atoms with Gasteiger partial charge in [0.25, 0.3) is 0 Å². The predicted molar refractivity (Wildman–Crippen MR) is 70.0 cm³/mol. The fraction of sp³-hybridized carbons (Fsp3) is 0.417. The van der Waals surface area contributed by atoms with E-state index in [1.54, 1.807) is 0 Å². The van der Waals surface area contributed by atoms with E-state index < -0.39 is 5.82 Å². The van der Waals surface area contributed by atoms with Gasteiger partial charge in [0, 0.05) is 17.2 Å². The number of nitrogen functional groups attached to an aromatic ring is 1. The Balaban J connectivity index is 2.24. The van der Waals surface area contributed by atoms with Crippen LogP contribution < -0.4 is 5.73 Å². The number of nitrogens with two attached hydrogens (primary N) is 1. The maximum absolute atomic E-state index is 13.5. The Morgan fingerprint density at radius 3 is 2.67 bits per heavy atom. The van der Waals surface area contributed by atoms with Crippen molar-refractivity contribution in [1.82, 2.24) is 15.0 Å². The Hall–Kier alpha value is -1.56. The van der Waals surface area contributed by atoms with E-state index in [0.717, 1.165) is 16.9 Å². The summed E-state index contributed by atoms with van der Waals surface area (Å²) < 4.78 is 13.5. The van der Waals surface area contributed by atoms with Crippen molar-refractivity contribution in [3.05, 3.63) is 33.8 Å². The summed E-state index contributed by atoms with van der Waals surface area (Å²) in [6, 6.07) is 0. The minimum atomic E-state index is -0.447. The first-order chi connectivity index (χ1) is 8.36. The monoisotopic (exact) mass is 266 g/mol. The molecule has 2 heterocycles. The van der Waals surface area contributed by atoms with Gasteiger partial charge in [-0.15, -0.1) is 11.3 Å². The van der Waals surface area contributed by atoms with Crippen molar-refractivity contribution in [2.24, 2.45) is 0 Å². The van der Waals surface area contributed by atoms with Crippen molar-refractivity contribution in [2.75, 3.05) is 5.73 Å². The highest BCUT2D eigenvalue weighted by Crippen LogP contribution is 2.25. The summed E-state index contributed by atoms with van der Waals surface area (Å²) in [5.41, 5.74) is 6.74. The summed E-state index contributed by atoms with van der Waals surface area (Å²) >= 11 is 1.51. The van der Waals surface area contributed by atoms with Crippen LogP contribution in [0.15, 0.2) is 11.6 Å². The Bertz CT molecular complexity index is 559. The standard InChI is InChI=1S/C12H15FN4S/c1-12(2,3)9-6-18-10(17-9)4-8-7(13)5-15-11(14)16-8/h5-6H,4H2,1-3H3,(H2,14,15,16). The molecule has 4 nitrogen and oxygen atoms in total. The maximum atomic E-state index is 13.5. The van der Waals surface area contributed by atoms with E-state index in [-0.39, 0.29) is 17.1 Å². The molecule has 2 aromatic rings. The van der Waals surface area contributed by atoms with E-state index in [9.17, 15) is 4.39 Å². The van der Waals surface area contributed by atoms with Crippen LogP contribution in [0.5, 0.6) is 0 Å². The van der Waals surface area contributed by atoms with Crippen LogP contribution in [0.4, 0.5) is 10.3 Å². The second-order valence-electron chi connectivity index (χ2n) is 5.08. The molecule has 2 rings (SSSR count). The van der Waals surface area contributed by atoms with Crippen LogP contribution in [-0.4, -0.2) is 15.0 Å². The number of hydrogen-bond acceptors (Lipinski definition) is 5. The van der Waals surface area contributed by atoms with Crippen LogP contribution in [0.2, 0.25) is 0 Å². The smallest absolute Gasteiger partial charge is 0.220 e. The highest BCUT2D eigenvalue weighted by Gasteiger charge is 2.18. The number of thiazole rings is 1. The number of hydrogen-bond donors (Lipinski definition) is 1. The highest BCUT2D eigenvalue weighted by atomic mass is 32.1. The van der Waals surface area contributed by atoms with Gasteiger partial charge >= 0.3 is 0 Å². The van der Waals surface area contributed by atoms with E-state index in [0.29, 0.717) is 6.42 Å². The molecular weight excluding hydrogens is 251 g/mol. The molecule has 0 aliphatic rings. The van der Waals surface area contributed by atoms with Gasteiger partial charge in [-0.3, -0.25) is 0 Å². The van der Waals surface area contributed by atoms with Gasteiger partial charge in [0.1, 0.15) is 0 Å². The van der Waals surface area contributed by atoms with Gasteiger partial charge in [-0.2, -0.15) is 0 Å². The molecule has 6 heteroatoms. The van der Waals surface area contributed by atoms with Gasteiger partial charge in [-0.1, -0.05) is 20.8 Å². The number of rotatable bonds is 2. The number of anilines is 1. The second kappa shape index (κ2) is 4.61. The highest BCUT2D eigenvalue weighted by molar-refractivity contribution is 7.09. The van der Waals surface area contributed by atoms with Gasteiger partial charge in [0.2, 0.25) is 5.95 Å². The Kier molecular flexibility index (Phi) is 3.30. The average Bonchev–Trinajstić information content (AvgIpc) is 2.71. The summed E-state index contributed by atoms with van der Waals surface area (Å²) in [5.74, 6) is -0.365. The molecule has 0 bridgehead atoms. The molecule has 0 aliphatic heterocycles. The molecule has 0 saturated carbocycles. The number of nitrogens with zero attached hydrogens (tertiary/aromatic N) is 3. The van der Waals surface area contributed by atoms with E-state index in [2.05, 4.69) is 35.7 Å². The fourth-order valence-corrected chi connectivity index (χ4v) is 2.45. The third-order valence-electron chi connectivity index (χ3n) is 2.47. The first-order valence-electron chi connectivity index (χ1n) is 5.58. The lowest BCUT2D eigenvalue weighted by Gasteiger charge is -2.14. The van der Waals surface area contributed by atoms with Crippen molar-refractivity contribution < 1.29 is 4.39 Å². The molecule has 0 aromatic carbocycles. The largest absolute Gasteiger partial charge is 0.368 e. The van der Waals surface area contributed by atoms with Gasteiger partial charge in [0.05, 0.1) is 22.6 Å². The van der Waals surface area contributed by atoms with Crippen molar-refractivity contribution in [3.8, 4) is 0 Å². The predicted octanol–water partition coefficient (Wildman–Crippen LogP) is 2.54. The van der Waals surface area contributed by atoms with Crippen molar-refractivity contribution in [2.45, 2.75) is 32.6 Å². The van der Waals surface area contributed by atoms with E-state index in [4.69, 9.17) is 5.73 Å². The molecule has 0 spiro atoms. The Labute approximate surface area is 109 Å². The Morgan fingerprint density at radius 2 is 2.06 bits per heavy atom. The normalized spacial score (nSPS) is 11.8. The zero-order valence-electron chi connectivity index (χ0n) is 10.6. The lowest BCUT2D eigenvalue weighted by atomic mass is 9.93. The molecule has 0 unspecified atom stereocenters. The lowest BCUT2D eigenvalue weighted by Crippen LogP contribution is -2.11. The van der Waals surface area contributed by atoms with Crippen LogP contribution in [0.3, 0.4) is 0 Å².